The first-order valence-electron chi connectivity index (χ1n) is 4.89. The Labute approximate surface area is 75.7 Å². The van der Waals surface area contributed by atoms with Gasteiger partial charge in [-0.1, -0.05) is 6.92 Å². The highest BCUT2D eigenvalue weighted by Gasteiger charge is 2.36. The average Bonchev–Trinajstić information content (AvgIpc) is 2.77. The van der Waals surface area contributed by atoms with E-state index >= 15 is 0 Å². The highest BCUT2D eigenvalue weighted by Crippen LogP contribution is 2.44. The second-order valence-electron chi connectivity index (χ2n) is 4.37. The summed E-state index contributed by atoms with van der Waals surface area (Å²) < 4.78 is 5.02. The molecule has 0 radical (unpaired) electrons. The predicted octanol–water partition coefficient (Wildman–Crippen LogP) is 1.80. The predicted molar refractivity (Wildman–Crippen MR) is 51.3 cm³/mol. The summed E-state index contributed by atoms with van der Waals surface area (Å²) in [7, 11) is 1.76. The van der Waals surface area contributed by atoms with E-state index in [1.807, 2.05) is 0 Å². The van der Waals surface area contributed by atoms with Crippen LogP contribution in [0.15, 0.2) is 0 Å². The molecule has 1 rings (SSSR count). The number of methoxy groups -OCH3 is 1. The van der Waals surface area contributed by atoms with E-state index in [-0.39, 0.29) is 0 Å². The van der Waals surface area contributed by atoms with Crippen LogP contribution in [0.2, 0.25) is 0 Å². The first-order valence-corrected chi connectivity index (χ1v) is 4.89. The fraction of sp³-hybridized carbons (Fsp3) is 1.00. The molecule has 1 aliphatic rings. The van der Waals surface area contributed by atoms with E-state index in [9.17, 15) is 0 Å². The van der Waals surface area contributed by atoms with Crippen LogP contribution >= 0.6 is 0 Å². The lowest BCUT2D eigenvalue weighted by Gasteiger charge is -2.16. The fourth-order valence-electron chi connectivity index (χ4n) is 1.21. The molecule has 2 heteroatoms. The average molecular weight is 171 g/mol. The van der Waals surface area contributed by atoms with Crippen molar-refractivity contribution in [1.82, 2.24) is 5.32 Å². The quantitative estimate of drug-likeness (QED) is 0.658. The second-order valence-corrected chi connectivity index (χ2v) is 4.37. The van der Waals surface area contributed by atoms with Gasteiger partial charge in [0.05, 0.1) is 0 Å². The van der Waals surface area contributed by atoms with Gasteiger partial charge in [-0.15, -0.1) is 0 Å². The summed E-state index contributed by atoms with van der Waals surface area (Å²) in [6.45, 7) is 6.62. The lowest BCUT2D eigenvalue weighted by atomic mass is 10.1. The van der Waals surface area contributed by atoms with Crippen LogP contribution < -0.4 is 5.32 Å². The summed E-state index contributed by atoms with van der Waals surface area (Å²) in [5.74, 6) is 0. The molecule has 0 aromatic rings. The molecule has 0 amide bonds. The molecule has 0 aliphatic heterocycles. The summed E-state index contributed by atoms with van der Waals surface area (Å²) in [5, 5.41) is 3.54. The zero-order valence-corrected chi connectivity index (χ0v) is 8.52. The molecule has 2 nitrogen and oxygen atoms in total. The Hall–Kier alpha value is -0.0800. The Balaban J connectivity index is 1.98. The maximum absolute atomic E-state index is 5.02. The van der Waals surface area contributed by atoms with E-state index in [1.54, 1.807) is 7.11 Å². The Kier molecular flexibility index (Phi) is 3.53. The minimum Gasteiger partial charge on any atom is -0.385 e. The molecule has 1 atom stereocenters. The lowest BCUT2D eigenvalue weighted by Crippen LogP contribution is -2.31. The van der Waals surface area contributed by atoms with Crippen LogP contribution in [0.5, 0.6) is 0 Å². The molecule has 1 fully saturated rings. The van der Waals surface area contributed by atoms with Gasteiger partial charge in [0.1, 0.15) is 0 Å². The topological polar surface area (TPSA) is 21.3 Å². The third-order valence-electron chi connectivity index (χ3n) is 2.74. The monoisotopic (exact) mass is 171 g/mol. The van der Waals surface area contributed by atoms with Gasteiger partial charge < -0.3 is 10.1 Å². The molecule has 12 heavy (non-hydrogen) atoms. The van der Waals surface area contributed by atoms with Gasteiger partial charge in [-0.3, -0.25) is 0 Å². The maximum atomic E-state index is 5.02. The Morgan fingerprint density at radius 1 is 1.50 bits per heavy atom. The van der Waals surface area contributed by atoms with Crippen LogP contribution in [-0.4, -0.2) is 26.3 Å². The molecule has 0 heterocycles. The van der Waals surface area contributed by atoms with Gasteiger partial charge in [0.15, 0.2) is 0 Å². The third kappa shape index (κ3) is 3.55. The molecule has 1 aliphatic carbocycles. The summed E-state index contributed by atoms with van der Waals surface area (Å²) >= 11 is 0. The lowest BCUT2D eigenvalue weighted by molar-refractivity contribution is 0.184. The van der Waals surface area contributed by atoms with Crippen molar-refractivity contribution in [3.8, 4) is 0 Å². The number of hydrogen-bond acceptors (Lipinski definition) is 2. The molecule has 0 saturated heterocycles. The molecule has 72 valence electrons. The van der Waals surface area contributed by atoms with Crippen molar-refractivity contribution in [2.45, 2.75) is 39.2 Å². The van der Waals surface area contributed by atoms with Crippen LogP contribution in [-0.2, 0) is 4.74 Å². The van der Waals surface area contributed by atoms with Gasteiger partial charge in [-0.25, -0.2) is 0 Å². The molecule has 0 aromatic heterocycles. The number of nitrogens with one attached hydrogen (secondary N) is 1. The van der Waals surface area contributed by atoms with E-state index in [2.05, 4.69) is 19.2 Å². The van der Waals surface area contributed by atoms with Crippen molar-refractivity contribution < 1.29 is 4.74 Å². The van der Waals surface area contributed by atoms with Gasteiger partial charge in [-0.2, -0.15) is 0 Å². The zero-order valence-electron chi connectivity index (χ0n) is 8.52. The van der Waals surface area contributed by atoms with Gasteiger partial charge in [0, 0.05) is 26.3 Å². The van der Waals surface area contributed by atoms with Crippen molar-refractivity contribution in [1.29, 1.82) is 0 Å². The number of ether oxygens (including phenoxy) is 1. The molecular weight excluding hydrogens is 150 g/mol. The number of hydrogen-bond donors (Lipinski definition) is 1. The van der Waals surface area contributed by atoms with Crippen molar-refractivity contribution >= 4 is 0 Å². The van der Waals surface area contributed by atoms with Crippen LogP contribution in [0.1, 0.15) is 33.1 Å². The highest BCUT2D eigenvalue weighted by molar-refractivity contribution is 4.90. The third-order valence-corrected chi connectivity index (χ3v) is 2.74. The fourth-order valence-corrected chi connectivity index (χ4v) is 1.21. The van der Waals surface area contributed by atoms with Crippen LogP contribution in [0.4, 0.5) is 0 Å². The Morgan fingerprint density at radius 3 is 2.67 bits per heavy atom. The van der Waals surface area contributed by atoms with E-state index in [0.717, 1.165) is 13.0 Å². The van der Waals surface area contributed by atoms with Crippen molar-refractivity contribution in [2.24, 2.45) is 5.41 Å². The van der Waals surface area contributed by atoms with E-state index in [1.165, 1.54) is 19.4 Å². The van der Waals surface area contributed by atoms with Crippen LogP contribution in [0.3, 0.4) is 0 Å². The van der Waals surface area contributed by atoms with Gasteiger partial charge in [-0.05, 0) is 31.6 Å². The van der Waals surface area contributed by atoms with Crippen molar-refractivity contribution in [3.05, 3.63) is 0 Å². The van der Waals surface area contributed by atoms with Crippen LogP contribution in [0, 0.1) is 5.41 Å². The Morgan fingerprint density at radius 2 is 2.17 bits per heavy atom. The molecule has 1 N–H and O–H groups in total. The number of rotatable bonds is 6. The second kappa shape index (κ2) is 4.24. The van der Waals surface area contributed by atoms with Gasteiger partial charge in [0.2, 0.25) is 0 Å². The van der Waals surface area contributed by atoms with Crippen LogP contribution in [0.25, 0.3) is 0 Å². The maximum Gasteiger partial charge on any atom is 0.0476 e. The SMILES string of the molecule is COCCC(C)NCC1(C)CC1. The van der Waals surface area contributed by atoms with E-state index in [0.29, 0.717) is 11.5 Å². The molecule has 0 spiro atoms. The van der Waals surface area contributed by atoms with E-state index < -0.39 is 0 Å². The first kappa shape index (κ1) is 10.0. The van der Waals surface area contributed by atoms with Gasteiger partial charge >= 0.3 is 0 Å². The molecule has 0 bridgehead atoms. The van der Waals surface area contributed by atoms with Crippen molar-refractivity contribution in [2.75, 3.05) is 20.3 Å². The summed E-state index contributed by atoms with van der Waals surface area (Å²) in [6.07, 6.45) is 3.92. The largest absolute Gasteiger partial charge is 0.385 e. The molecule has 1 saturated carbocycles. The summed E-state index contributed by atoms with van der Waals surface area (Å²) in [5.41, 5.74) is 0.626. The molecule has 0 aromatic carbocycles. The van der Waals surface area contributed by atoms with Crippen molar-refractivity contribution in [3.63, 3.8) is 0 Å². The zero-order chi connectivity index (χ0) is 9.03. The molecular formula is C10H21NO. The smallest absolute Gasteiger partial charge is 0.0476 e. The summed E-state index contributed by atoms with van der Waals surface area (Å²) in [4.78, 5) is 0. The Bertz CT molecular complexity index is 132. The normalized spacial score (nSPS) is 22.2. The summed E-state index contributed by atoms with van der Waals surface area (Å²) in [6, 6.07) is 0.599. The van der Waals surface area contributed by atoms with Gasteiger partial charge in [0.25, 0.3) is 0 Å². The highest BCUT2D eigenvalue weighted by atomic mass is 16.5. The van der Waals surface area contributed by atoms with E-state index in [4.69, 9.17) is 4.74 Å². The first-order chi connectivity index (χ1) is 5.66. The minimum atomic E-state index is 0.599. The molecule has 1 unspecified atom stereocenters. The minimum absolute atomic E-state index is 0.599. The standard InChI is InChI=1S/C10H21NO/c1-9(4-7-12-3)11-8-10(2)5-6-10/h9,11H,4-8H2,1-3H3.